The third kappa shape index (κ3) is 4.28. The largest absolute Gasteiger partial charge is 0.312 e. The Balaban J connectivity index is 1.86. The molecule has 1 aliphatic heterocycles. The molecule has 1 N–H and O–H groups in total. The smallest absolute Gasteiger partial charge is 0.261 e. The zero-order valence-corrected chi connectivity index (χ0v) is 17.0. The fourth-order valence-electron chi connectivity index (χ4n) is 3.14. The van der Waals surface area contributed by atoms with Gasteiger partial charge in [0.2, 0.25) is 5.91 Å². The van der Waals surface area contributed by atoms with Crippen molar-refractivity contribution in [1.29, 1.82) is 0 Å². The Hall–Kier alpha value is -2.05. The molecule has 3 rings (SSSR count). The number of aryl methyl sites for hydroxylation is 2. The fraction of sp³-hybridized carbons (Fsp3) is 0.350. The van der Waals surface area contributed by atoms with E-state index in [4.69, 9.17) is 11.6 Å². The van der Waals surface area contributed by atoms with Gasteiger partial charge in [-0.2, -0.15) is 0 Å². The summed E-state index contributed by atoms with van der Waals surface area (Å²) in [5, 5.41) is 0.411. The summed E-state index contributed by atoms with van der Waals surface area (Å²) < 4.78 is 27.9. The van der Waals surface area contributed by atoms with Crippen molar-refractivity contribution in [3.63, 3.8) is 0 Å². The molecular weight excluding hydrogens is 384 g/mol. The van der Waals surface area contributed by atoms with Gasteiger partial charge in [0.25, 0.3) is 10.0 Å². The number of nitrogens with zero attached hydrogens (tertiary/aromatic N) is 1. The summed E-state index contributed by atoms with van der Waals surface area (Å²) in [5.41, 5.74) is 3.16. The van der Waals surface area contributed by atoms with Gasteiger partial charge in [0.15, 0.2) is 0 Å². The summed E-state index contributed by atoms with van der Waals surface area (Å²) in [6.45, 7) is 4.60. The molecule has 1 amide bonds. The predicted molar refractivity (Wildman–Crippen MR) is 109 cm³/mol. The molecule has 2 aromatic rings. The highest BCUT2D eigenvalue weighted by atomic mass is 35.5. The van der Waals surface area contributed by atoms with E-state index in [0.29, 0.717) is 30.1 Å². The molecule has 1 heterocycles. The van der Waals surface area contributed by atoms with E-state index in [1.54, 1.807) is 17.0 Å². The zero-order valence-electron chi connectivity index (χ0n) is 15.5. The number of hydrogen-bond donors (Lipinski definition) is 1. The minimum Gasteiger partial charge on any atom is -0.312 e. The maximum absolute atomic E-state index is 12.7. The van der Waals surface area contributed by atoms with Gasteiger partial charge < -0.3 is 4.90 Å². The summed E-state index contributed by atoms with van der Waals surface area (Å²) in [4.78, 5) is 14.1. The topological polar surface area (TPSA) is 66.5 Å². The Morgan fingerprint density at radius 1 is 1.15 bits per heavy atom. The Morgan fingerprint density at radius 3 is 2.63 bits per heavy atom. The minimum atomic E-state index is -3.73. The number of unbranched alkanes of at least 4 members (excludes halogenated alkanes) is 1. The number of nitrogens with one attached hydrogen (secondary N) is 1. The number of carbonyl (C=O) groups excluding carboxylic acids is 1. The molecule has 0 saturated heterocycles. The van der Waals surface area contributed by atoms with Gasteiger partial charge in [0.1, 0.15) is 0 Å². The molecule has 5 nitrogen and oxygen atoms in total. The Bertz CT molecular complexity index is 973. The lowest BCUT2D eigenvalue weighted by Crippen LogP contribution is -2.35. The van der Waals surface area contributed by atoms with Gasteiger partial charge in [-0.3, -0.25) is 9.52 Å². The van der Waals surface area contributed by atoms with Gasteiger partial charge in [0, 0.05) is 29.4 Å². The van der Waals surface area contributed by atoms with Crippen LogP contribution in [0.3, 0.4) is 0 Å². The highest BCUT2D eigenvalue weighted by Gasteiger charge is 2.24. The van der Waals surface area contributed by atoms with Crippen molar-refractivity contribution >= 4 is 38.9 Å². The first-order valence-corrected chi connectivity index (χ1v) is 10.9. The van der Waals surface area contributed by atoms with Crippen LogP contribution in [-0.4, -0.2) is 20.9 Å². The number of rotatable bonds is 6. The molecule has 0 saturated carbocycles. The SMILES string of the molecule is CCCCN1C(=O)CCc2cc(NS(=O)(=O)c3ccc(C)c(Cl)c3)ccc21. The quantitative estimate of drug-likeness (QED) is 0.766. The lowest BCUT2D eigenvalue weighted by Gasteiger charge is -2.29. The number of hydrogen-bond acceptors (Lipinski definition) is 3. The second-order valence-corrected chi connectivity index (χ2v) is 8.85. The van der Waals surface area contributed by atoms with Crippen molar-refractivity contribution in [1.82, 2.24) is 0 Å². The van der Waals surface area contributed by atoms with Crippen LogP contribution < -0.4 is 9.62 Å². The van der Waals surface area contributed by atoms with Crippen molar-refractivity contribution < 1.29 is 13.2 Å². The molecule has 0 aromatic heterocycles. The monoisotopic (exact) mass is 406 g/mol. The third-order valence-corrected chi connectivity index (χ3v) is 6.51. The maximum atomic E-state index is 12.7. The van der Waals surface area contributed by atoms with Crippen LogP contribution in [0.5, 0.6) is 0 Å². The number of sulfonamides is 1. The van der Waals surface area contributed by atoms with Crippen LogP contribution in [0.1, 0.15) is 37.3 Å². The number of anilines is 2. The number of carbonyl (C=O) groups is 1. The highest BCUT2D eigenvalue weighted by molar-refractivity contribution is 7.92. The van der Waals surface area contributed by atoms with Crippen LogP contribution in [0.25, 0.3) is 0 Å². The molecule has 0 unspecified atom stereocenters. The van der Waals surface area contributed by atoms with Crippen molar-refractivity contribution in [3.8, 4) is 0 Å². The number of halogens is 1. The average Bonchev–Trinajstić information content (AvgIpc) is 2.63. The molecule has 0 fully saturated rings. The van der Waals surface area contributed by atoms with Crippen LogP contribution in [0, 0.1) is 6.92 Å². The maximum Gasteiger partial charge on any atom is 0.261 e. The van der Waals surface area contributed by atoms with E-state index in [1.165, 1.54) is 12.1 Å². The summed E-state index contributed by atoms with van der Waals surface area (Å²) in [6, 6.07) is 10.00. The Kier molecular flexibility index (Phi) is 5.77. The van der Waals surface area contributed by atoms with Gasteiger partial charge >= 0.3 is 0 Å². The minimum absolute atomic E-state index is 0.121. The number of amides is 1. The van der Waals surface area contributed by atoms with E-state index in [1.807, 2.05) is 19.1 Å². The molecule has 1 aliphatic rings. The standard InChI is InChI=1S/C20H23ClN2O3S/c1-3-4-11-23-19-9-7-16(12-15(19)6-10-20(23)24)22-27(25,26)17-8-5-14(2)18(21)13-17/h5,7-9,12-13,22H,3-4,6,10-11H2,1-2H3. The molecule has 7 heteroatoms. The molecule has 0 aliphatic carbocycles. The second-order valence-electron chi connectivity index (χ2n) is 6.76. The van der Waals surface area contributed by atoms with Crippen molar-refractivity contribution in [3.05, 3.63) is 52.5 Å². The molecular formula is C20H23ClN2O3S. The average molecular weight is 407 g/mol. The molecule has 27 heavy (non-hydrogen) atoms. The van der Waals surface area contributed by atoms with Crippen LogP contribution >= 0.6 is 11.6 Å². The van der Waals surface area contributed by atoms with E-state index < -0.39 is 10.0 Å². The van der Waals surface area contributed by atoms with Gasteiger partial charge in [-0.15, -0.1) is 0 Å². The lowest BCUT2D eigenvalue weighted by atomic mass is 10.00. The lowest BCUT2D eigenvalue weighted by molar-refractivity contribution is -0.118. The summed E-state index contributed by atoms with van der Waals surface area (Å²) >= 11 is 6.06. The first-order valence-electron chi connectivity index (χ1n) is 9.04. The van der Waals surface area contributed by atoms with Gasteiger partial charge in [-0.05, 0) is 61.2 Å². The van der Waals surface area contributed by atoms with Crippen molar-refractivity contribution in [2.45, 2.75) is 44.4 Å². The van der Waals surface area contributed by atoms with E-state index in [2.05, 4.69) is 11.6 Å². The van der Waals surface area contributed by atoms with Gasteiger partial charge in [-0.25, -0.2) is 8.42 Å². The van der Waals surface area contributed by atoms with Crippen LogP contribution in [0.15, 0.2) is 41.3 Å². The van der Waals surface area contributed by atoms with Crippen molar-refractivity contribution in [2.24, 2.45) is 0 Å². The number of benzene rings is 2. The van der Waals surface area contributed by atoms with E-state index in [9.17, 15) is 13.2 Å². The van der Waals surface area contributed by atoms with E-state index in [-0.39, 0.29) is 10.8 Å². The molecule has 144 valence electrons. The third-order valence-electron chi connectivity index (χ3n) is 4.72. The molecule has 0 bridgehead atoms. The molecule has 2 aromatic carbocycles. The van der Waals surface area contributed by atoms with Crippen LogP contribution in [-0.2, 0) is 21.2 Å². The molecule has 0 spiro atoms. The Labute approximate surface area is 165 Å². The van der Waals surface area contributed by atoms with Crippen LogP contribution in [0.2, 0.25) is 5.02 Å². The van der Waals surface area contributed by atoms with Gasteiger partial charge in [0.05, 0.1) is 4.90 Å². The fourth-order valence-corrected chi connectivity index (χ4v) is 4.46. The van der Waals surface area contributed by atoms with Crippen molar-refractivity contribution in [2.75, 3.05) is 16.2 Å². The van der Waals surface area contributed by atoms with E-state index >= 15 is 0 Å². The predicted octanol–water partition coefficient (Wildman–Crippen LogP) is 4.53. The zero-order chi connectivity index (χ0) is 19.6. The first-order chi connectivity index (χ1) is 12.8. The number of fused-ring (bicyclic) bond motifs is 1. The highest BCUT2D eigenvalue weighted by Crippen LogP contribution is 2.31. The second kappa shape index (κ2) is 7.90. The van der Waals surface area contributed by atoms with Gasteiger partial charge in [-0.1, -0.05) is 31.0 Å². The first kappa shape index (κ1) is 19.7. The summed E-state index contributed by atoms with van der Waals surface area (Å²) in [6.07, 6.45) is 3.01. The van der Waals surface area contributed by atoms with Crippen LogP contribution in [0.4, 0.5) is 11.4 Å². The Morgan fingerprint density at radius 2 is 1.93 bits per heavy atom. The summed E-state index contributed by atoms with van der Waals surface area (Å²) in [7, 11) is -3.73. The normalized spacial score (nSPS) is 14.2. The molecule has 0 radical (unpaired) electrons. The van der Waals surface area contributed by atoms with E-state index in [0.717, 1.165) is 29.7 Å². The molecule has 0 atom stereocenters. The summed E-state index contributed by atoms with van der Waals surface area (Å²) in [5.74, 6) is 0.124.